The van der Waals surface area contributed by atoms with E-state index >= 15 is 0 Å². The van der Waals surface area contributed by atoms with Crippen LogP contribution in [-0.4, -0.2) is 21.0 Å². The van der Waals surface area contributed by atoms with Crippen molar-refractivity contribution >= 4 is 17.6 Å². The second-order valence-corrected chi connectivity index (χ2v) is 8.90. The van der Waals surface area contributed by atoms with Crippen LogP contribution in [0.4, 0.5) is 0 Å². The van der Waals surface area contributed by atoms with Gasteiger partial charge in [0.25, 0.3) is 5.56 Å². The summed E-state index contributed by atoms with van der Waals surface area (Å²) in [6.07, 6.45) is 3.08. The van der Waals surface area contributed by atoms with Crippen molar-refractivity contribution in [3.05, 3.63) is 116 Å². The Kier molecular flexibility index (Phi) is 8.18. The first kappa shape index (κ1) is 25.2. The van der Waals surface area contributed by atoms with Crippen molar-refractivity contribution in [1.82, 2.24) is 9.97 Å². The quantitative estimate of drug-likeness (QED) is 0.265. The molecule has 7 heteroatoms. The molecule has 0 atom stereocenters. The zero-order chi connectivity index (χ0) is 25.5. The number of carboxylic acids is 1. The van der Waals surface area contributed by atoms with Crippen molar-refractivity contribution in [3.63, 3.8) is 0 Å². The summed E-state index contributed by atoms with van der Waals surface area (Å²) >= 11 is 6.16. The van der Waals surface area contributed by atoms with Gasteiger partial charge in [-0.05, 0) is 47.7 Å². The predicted octanol–water partition coefficient (Wildman–Crippen LogP) is 6.30. The van der Waals surface area contributed by atoms with E-state index in [0.717, 1.165) is 36.1 Å². The Morgan fingerprint density at radius 2 is 1.75 bits per heavy atom. The molecule has 0 aliphatic carbocycles. The van der Waals surface area contributed by atoms with Crippen LogP contribution in [0.3, 0.4) is 0 Å². The maximum absolute atomic E-state index is 13.0. The van der Waals surface area contributed by atoms with E-state index in [9.17, 15) is 14.7 Å². The van der Waals surface area contributed by atoms with Gasteiger partial charge in [0.15, 0.2) is 0 Å². The van der Waals surface area contributed by atoms with Crippen molar-refractivity contribution in [2.75, 3.05) is 0 Å². The number of aromatic amines is 1. The number of rotatable bonds is 10. The lowest BCUT2D eigenvalue weighted by molar-refractivity contribution is 0.0697. The van der Waals surface area contributed by atoms with Crippen LogP contribution in [0.2, 0.25) is 5.02 Å². The second-order valence-electron chi connectivity index (χ2n) is 8.49. The Labute approximate surface area is 214 Å². The van der Waals surface area contributed by atoms with E-state index in [1.54, 1.807) is 30.3 Å². The molecule has 0 saturated carbocycles. The molecule has 0 radical (unpaired) electrons. The molecule has 0 amide bonds. The summed E-state index contributed by atoms with van der Waals surface area (Å²) in [6, 6.07) is 21.7. The van der Waals surface area contributed by atoms with Gasteiger partial charge in [0.05, 0.1) is 10.6 Å². The van der Waals surface area contributed by atoms with Gasteiger partial charge in [-0.15, -0.1) is 0 Å². The highest BCUT2D eigenvalue weighted by molar-refractivity contribution is 6.32. The van der Waals surface area contributed by atoms with Crippen LogP contribution in [0.15, 0.2) is 77.6 Å². The SMILES string of the molecule is CCCCc1[nH]c(COc2ccccc2Cl)nc(=O)c1Cc1ccc(-c2ccccc2C(=O)O)cc1. The maximum atomic E-state index is 13.0. The number of carboxylic acid groups (broad SMARTS) is 1. The molecular formula is C29H27ClN2O4. The number of nitrogens with one attached hydrogen (secondary N) is 1. The lowest BCUT2D eigenvalue weighted by Gasteiger charge is -2.13. The van der Waals surface area contributed by atoms with E-state index in [4.69, 9.17) is 16.3 Å². The Morgan fingerprint density at radius 1 is 1.03 bits per heavy atom. The summed E-state index contributed by atoms with van der Waals surface area (Å²) in [5.41, 5.74) is 3.86. The third kappa shape index (κ3) is 6.01. The Hall–Kier alpha value is -3.90. The van der Waals surface area contributed by atoms with Gasteiger partial charge in [-0.25, -0.2) is 4.79 Å². The van der Waals surface area contributed by atoms with Crippen molar-refractivity contribution in [2.24, 2.45) is 0 Å². The minimum Gasteiger partial charge on any atom is -0.484 e. The number of aryl methyl sites for hydroxylation is 1. The number of aromatic nitrogens is 2. The average molecular weight is 503 g/mol. The van der Waals surface area contributed by atoms with Crippen molar-refractivity contribution in [3.8, 4) is 16.9 Å². The number of ether oxygens (including phenoxy) is 1. The number of hydrogen-bond acceptors (Lipinski definition) is 4. The molecule has 1 heterocycles. The summed E-state index contributed by atoms with van der Waals surface area (Å²) in [6.45, 7) is 2.21. The molecule has 3 aromatic carbocycles. The zero-order valence-corrected chi connectivity index (χ0v) is 20.7. The molecule has 0 spiro atoms. The van der Waals surface area contributed by atoms with Crippen LogP contribution in [0, 0.1) is 0 Å². The standard InChI is InChI=1S/C29H27ClN2O4/c1-2-3-11-25-23(28(33)32-27(31-25)18-36-26-12-7-6-10-24(26)30)17-19-13-15-20(16-14-19)21-8-4-5-9-22(21)29(34)35/h4-10,12-16H,2-3,11,17-18H2,1H3,(H,34,35)(H,31,32,33). The number of H-pyrrole nitrogens is 1. The molecule has 36 heavy (non-hydrogen) atoms. The molecule has 184 valence electrons. The monoisotopic (exact) mass is 502 g/mol. The number of halogens is 1. The van der Waals surface area contributed by atoms with Crippen LogP contribution in [-0.2, 0) is 19.4 Å². The number of benzene rings is 3. The first-order valence-electron chi connectivity index (χ1n) is 11.9. The highest BCUT2D eigenvalue weighted by Gasteiger charge is 2.14. The van der Waals surface area contributed by atoms with Crippen LogP contribution < -0.4 is 10.3 Å². The van der Waals surface area contributed by atoms with E-state index in [1.807, 2.05) is 42.5 Å². The lowest BCUT2D eigenvalue weighted by Crippen LogP contribution is -2.22. The fraction of sp³-hybridized carbons (Fsp3) is 0.207. The number of aromatic carboxylic acids is 1. The van der Waals surface area contributed by atoms with Crippen LogP contribution in [0.25, 0.3) is 11.1 Å². The van der Waals surface area contributed by atoms with Gasteiger partial charge < -0.3 is 14.8 Å². The van der Waals surface area contributed by atoms with Gasteiger partial charge in [-0.3, -0.25) is 4.79 Å². The van der Waals surface area contributed by atoms with E-state index in [1.165, 1.54) is 0 Å². The fourth-order valence-corrected chi connectivity index (χ4v) is 4.24. The molecule has 0 bridgehead atoms. The van der Waals surface area contributed by atoms with Gasteiger partial charge in [0.1, 0.15) is 18.2 Å². The molecular weight excluding hydrogens is 476 g/mol. The Bertz CT molecular complexity index is 1410. The zero-order valence-electron chi connectivity index (χ0n) is 20.0. The molecule has 0 unspecified atom stereocenters. The van der Waals surface area contributed by atoms with Crippen molar-refractivity contribution in [2.45, 2.75) is 39.2 Å². The summed E-state index contributed by atoms with van der Waals surface area (Å²) in [5, 5.41) is 9.98. The molecule has 0 saturated heterocycles. The number of hydrogen-bond donors (Lipinski definition) is 2. The van der Waals surface area contributed by atoms with Gasteiger partial charge in [-0.2, -0.15) is 4.98 Å². The van der Waals surface area contributed by atoms with E-state index < -0.39 is 5.97 Å². The highest BCUT2D eigenvalue weighted by atomic mass is 35.5. The van der Waals surface area contributed by atoms with Gasteiger partial charge >= 0.3 is 5.97 Å². The molecule has 4 rings (SSSR count). The Morgan fingerprint density at radius 3 is 2.47 bits per heavy atom. The fourth-order valence-electron chi connectivity index (χ4n) is 4.05. The smallest absolute Gasteiger partial charge is 0.336 e. The summed E-state index contributed by atoms with van der Waals surface area (Å²) in [4.78, 5) is 32.2. The van der Waals surface area contributed by atoms with E-state index in [0.29, 0.717) is 34.1 Å². The maximum Gasteiger partial charge on any atom is 0.336 e. The molecule has 0 aliphatic rings. The largest absolute Gasteiger partial charge is 0.484 e. The van der Waals surface area contributed by atoms with Crippen LogP contribution >= 0.6 is 11.6 Å². The third-order valence-electron chi connectivity index (χ3n) is 5.94. The molecule has 2 N–H and O–H groups in total. The molecule has 1 aromatic heterocycles. The lowest BCUT2D eigenvalue weighted by atomic mass is 9.96. The number of unbranched alkanes of at least 4 members (excludes halogenated alkanes) is 1. The molecule has 4 aromatic rings. The molecule has 6 nitrogen and oxygen atoms in total. The number of nitrogens with zero attached hydrogens (tertiary/aromatic N) is 1. The van der Waals surface area contributed by atoms with Crippen molar-refractivity contribution in [1.29, 1.82) is 0 Å². The van der Waals surface area contributed by atoms with Crippen LogP contribution in [0.5, 0.6) is 5.75 Å². The van der Waals surface area contributed by atoms with Gasteiger partial charge in [0.2, 0.25) is 0 Å². The summed E-state index contributed by atoms with van der Waals surface area (Å²) in [5.74, 6) is 0.0208. The van der Waals surface area contributed by atoms with Gasteiger partial charge in [-0.1, -0.05) is 79.5 Å². The second kappa shape index (κ2) is 11.7. The normalized spacial score (nSPS) is 10.8. The summed E-state index contributed by atoms with van der Waals surface area (Å²) < 4.78 is 5.77. The first-order valence-corrected chi connectivity index (χ1v) is 12.2. The van der Waals surface area contributed by atoms with E-state index in [2.05, 4.69) is 16.9 Å². The topological polar surface area (TPSA) is 92.3 Å². The Balaban J connectivity index is 1.57. The number of para-hydroxylation sites is 1. The van der Waals surface area contributed by atoms with Gasteiger partial charge in [0, 0.05) is 17.7 Å². The minimum atomic E-state index is -0.966. The average Bonchev–Trinajstić information content (AvgIpc) is 2.89. The predicted molar refractivity (Wildman–Crippen MR) is 141 cm³/mol. The molecule has 0 aliphatic heterocycles. The third-order valence-corrected chi connectivity index (χ3v) is 6.25. The minimum absolute atomic E-state index is 0.107. The van der Waals surface area contributed by atoms with E-state index in [-0.39, 0.29) is 17.7 Å². The summed E-state index contributed by atoms with van der Waals surface area (Å²) in [7, 11) is 0. The van der Waals surface area contributed by atoms with Crippen LogP contribution in [0.1, 0.15) is 52.8 Å². The molecule has 0 fully saturated rings. The number of carbonyl (C=O) groups is 1. The highest BCUT2D eigenvalue weighted by Crippen LogP contribution is 2.26. The first-order chi connectivity index (χ1) is 17.5. The van der Waals surface area contributed by atoms with Crippen molar-refractivity contribution < 1.29 is 14.6 Å².